The molecule has 1 N–H and O–H groups in total. The molecule has 1 atom stereocenters. The Morgan fingerprint density at radius 1 is 1.19 bits per heavy atom. The zero-order valence-electron chi connectivity index (χ0n) is 14.7. The molecular formula is C19H20FN5OS. The quantitative estimate of drug-likeness (QED) is 0.733. The van der Waals surface area contributed by atoms with E-state index >= 15 is 0 Å². The van der Waals surface area contributed by atoms with Crippen molar-refractivity contribution in [2.45, 2.75) is 19.4 Å². The third-order valence-corrected chi connectivity index (χ3v) is 5.70. The fourth-order valence-corrected chi connectivity index (χ4v) is 4.08. The van der Waals surface area contributed by atoms with Crippen LogP contribution in [0.3, 0.4) is 0 Å². The molecule has 0 saturated carbocycles. The summed E-state index contributed by atoms with van der Waals surface area (Å²) < 4.78 is 15.6. The van der Waals surface area contributed by atoms with Crippen molar-refractivity contribution in [1.29, 1.82) is 0 Å². The van der Waals surface area contributed by atoms with Crippen LogP contribution in [-0.4, -0.2) is 33.8 Å². The highest BCUT2D eigenvalue weighted by molar-refractivity contribution is 7.17. The lowest BCUT2D eigenvalue weighted by Crippen LogP contribution is -2.43. The summed E-state index contributed by atoms with van der Waals surface area (Å²) in [5.41, 5.74) is 0.499. The predicted octanol–water partition coefficient (Wildman–Crippen LogP) is 3.00. The van der Waals surface area contributed by atoms with E-state index < -0.39 is 0 Å². The highest BCUT2D eigenvalue weighted by Crippen LogP contribution is 2.28. The van der Waals surface area contributed by atoms with E-state index in [-0.39, 0.29) is 24.2 Å². The number of rotatable bonds is 5. The van der Waals surface area contributed by atoms with Crippen LogP contribution in [0.2, 0.25) is 0 Å². The number of halogens is 1. The number of carbonyl (C=O) groups is 1. The van der Waals surface area contributed by atoms with Crippen LogP contribution in [0.4, 0.5) is 9.52 Å². The summed E-state index contributed by atoms with van der Waals surface area (Å²) in [6.45, 7) is 1.67. The summed E-state index contributed by atoms with van der Waals surface area (Å²) in [5, 5.41) is 13.0. The molecule has 6 nitrogen and oxygen atoms in total. The lowest BCUT2D eigenvalue weighted by atomic mass is 9.97. The number of anilines is 1. The van der Waals surface area contributed by atoms with Crippen LogP contribution < -0.4 is 10.2 Å². The van der Waals surface area contributed by atoms with Crippen LogP contribution in [0.5, 0.6) is 0 Å². The Bertz CT molecular complexity index is 910. The number of carbonyl (C=O) groups excluding carboxylic acids is 1. The van der Waals surface area contributed by atoms with Gasteiger partial charge in [-0.15, -0.1) is 10.2 Å². The number of nitrogens with one attached hydrogen (secondary N) is 1. The van der Waals surface area contributed by atoms with Crippen molar-refractivity contribution in [2.24, 2.45) is 5.92 Å². The highest BCUT2D eigenvalue weighted by Gasteiger charge is 2.27. The number of nitrogens with zero attached hydrogens (tertiary/aromatic N) is 4. The van der Waals surface area contributed by atoms with Gasteiger partial charge in [-0.25, -0.2) is 4.39 Å². The zero-order valence-corrected chi connectivity index (χ0v) is 15.5. The molecule has 1 fully saturated rings. The average molecular weight is 385 g/mol. The molecule has 1 aliphatic rings. The maximum atomic E-state index is 13.7. The molecule has 0 spiro atoms. The monoisotopic (exact) mass is 385 g/mol. The fraction of sp³-hybridized carbons (Fsp3) is 0.316. The summed E-state index contributed by atoms with van der Waals surface area (Å²) >= 11 is 1.51. The standard InChI is InChI=1S/C19H20FN5OS/c20-16-8-2-1-6-14(16)12-21-17(26)15-7-5-11-25(13-15)19-23-22-18(27-19)24-9-3-4-10-24/h1-4,6,8-10,15H,5,7,11-13H2,(H,21,26). The van der Waals surface area contributed by atoms with Crippen molar-refractivity contribution < 1.29 is 9.18 Å². The second-order valence-corrected chi connectivity index (χ2v) is 7.49. The van der Waals surface area contributed by atoms with Crippen molar-refractivity contribution in [2.75, 3.05) is 18.0 Å². The molecule has 2 aromatic heterocycles. The molecule has 1 aliphatic heterocycles. The van der Waals surface area contributed by atoms with E-state index in [1.165, 1.54) is 17.4 Å². The van der Waals surface area contributed by atoms with Gasteiger partial charge in [0.25, 0.3) is 0 Å². The largest absolute Gasteiger partial charge is 0.352 e. The van der Waals surface area contributed by atoms with E-state index in [0.717, 1.165) is 29.6 Å². The van der Waals surface area contributed by atoms with E-state index in [4.69, 9.17) is 0 Å². The van der Waals surface area contributed by atoms with Crippen LogP contribution in [-0.2, 0) is 11.3 Å². The SMILES string of the molecule is O=C(NCc1ccccc1F)C1CCCN(c2nnc(-n3cccc3)s2)C1. The van der Waals surface area contributed by atoms with Gasteiger partial charge in [0, 0.05) is 37.6 Å². The maximum Gasteiger partial charge on any atom is 0.225 e. The normalized spacial score (nSPS) is 17.1. The number of amides is 1. The molecule has 27 heavy (non-hydrogen) atoms. The van der Waals surface area contributed by atoms with Gasteiger partial charge in [-0.2, -0.15) is 0 Å². The molecule has 140 valence electrons. The number of hydrogen-bond donors (Lipinski definition) is 1. The third kappa shape index (κ3) is 4.00. The molecule has 1 amide bonds. The van der Waals surface area contributed by atoms with Crippen molar-refractivity contribution in [1.82, 2.24) is 20.1 Å². The minimum Gasteiger partial charge on any atom is -0.352 e. The molecule has 3 aromatic rings. The Labute approximate surface area is 160 Å². The molecule has 0 radical (unpaired) electrons. The first-order valence-electron chi connectivity index (χ1n) is 8.93. The van der Waals surface area contributed by atoms with Gasteiger partial charge >= 0.3 is 0 Å². The Morgan fingerprint density at radius 2 is 1.96 bits per heavy atom. The molecule has 4 rings (SSSR count). The van der Waals surface area contributed by atoms with Gasteiger partial charge in [0.05, 0.1) is 5.92 Å². The lowest BCUT2D eigenvalue weighted by Gasteiger charge is -2.31. The van der Waals surface area contributed by atoms with Crippen molar-refractivity contribution in [3.05, 3.63) is 60.2 Å². The van der Waals surface area contributed by atoms with Crippen molar-refractivity contribution in [3.8, 4) is 5.13 Å². The van der Waals surface area contributed by atoms with E-state index in [0.29, 0.717) is 12.1 Å². The molecule has 0 aliphatic carbocycles. The van der Waals surface area contributed by atoms with E-state index in [9.17, 15) is 9.18 Å². The number of benzene rings is 1. The van der Waals surface area contributed by atoms with E-state index in [1.807, 2.05) is 29.1 Å². The first kappa shape index (κ1) is 17.7. The van der Waals surface area contributed by atoms with Crippen molar-refractivity contribution >= 4 is 22.4 Å². The molecule has 3 heterocycles. The second kappa shape index (κ2) is 7.87. The van der Waals surface area contributed by atoms with Gasteiger partial charge in [0.2, 0.25) is 16.2 Å². The summed E-state index contributed by atoms with van der Waals surface area (Å²) in [4.78, 5) is 14.7. The Morgan fingerprint density at radius 3 is 2.78 bits per heavy atom. The van der Waals surface area contributed by atoms with Gasteiger partial charge in [0.15, 0.2) is 0 Å². The second-order valence-electron chi connectivity index (χ2n) is 6.55. The molecule has 8 heteroatoms. The minimum atomic E-state index is -0.297. The summed E-state index contributed by atoms with van der Waals surface area (Å²) in [7, 11) is 0. The summed E-state index contributed by atoms with van der Waals surface area (Å²) in [6, 6.07) is 10.4. The first-order chi connectivity index (χ1) is 13.2. The van der Waals surface area contributed by atoms with Crippen LogP contribution in [0, 0.1) is 11.7 Å². The number of aromatic nitrogens is 3. The predicted molar refractivity (Wildman–Crippen MR) is 102 cm³/mol. The van der Waals surface area contributed by atoms with E-state index in [1.54, 1.807) is 18.2 Å². The van der Waals surface area contributed by atoms with Crippen LogP contribution in [0.25, 0.3) is 5.13 Å². The van der Waals surface area contributed by atoms with Gasteiger partial charge in [-0.05, 0) is 31.0 Å². The van der Waals surface area contributed by atoms with Gasteiger partial charge in [-0.1, -0.05) is 29.5 Å². The number of piperidine rings is 1. The molecular weight excluding hydrogens is 365 g/mol. The Kier molecular flexibility index (Phi) is 5.15. The van der Waals surface area contributed by atoms with Gasteiger partial charge in [-0.3, -0.25) is 9.36 Å². The van der Waals surface area contributed by atoms with E-state index in [2.05, 4.69) is 20.4 Å². The summed E-state index contributed by atoms with van der Waals surface area (Å²) in [5.74, 6) is -0.475. The summed E-state index contributed by atoms with van der Waals surface area (Å²) in [6.07, 6.45) is 5.60. The average Bonchev–Trinajstić information content (AvgIpc) is 3.39. The Balaban J connectivity index is 1.38. The van der Waals surface area contributed by atoms with Crippen LogP contribution in [0.1, 0.15) is 18.4 Å². The smallest absolute Gasteiger partial charge is 0.225 e. The fourth-order valence-electron chi connectivity index (χ4n) is 3.24. The Hall–Kier alpha value is -2.74. The van der Waals surface area contributed by atoms with Crippen LogP contribution >= 0.6 is 11.3 Å². The topological polar surface area (TPSA) is 63.1 Å². The number of hydrogen-bond acceptors (Lipinski definition) is 5. The molecule has 0 bridgehead atoms. The van der Waals surface area contributed by atoms with Crippen LogP contribution in [0.15, 0.2) is 48.8 Å². The third-order valence-electron chi connectivity index (χ3n) is 4.70. The minimum absolute atomic E-state index is 0.0434. The first-order valence-corrected chi connectivity index (χ1v) is 9.75. The zero-order chi connectivity index (χ0) is 18.6. The molecule has 1 unspecified atom stereocenters. The lowest BCUT2D eigenvalue weighted by molar-refractivity contribution is -0.125. The van der Waals surface area contributed by atoms with Gasteiger partial charge in [0.1, 0.15) is 5.82 Å². The highest BCUT2D eigenvalue weighted by atomic mass is 32.1. The maximum absolute atomic E-state index is 13.7. The van der Waals surface area contributed by atoms with Crippen molar-refractivity contribution in [3.63, 3.8) is 0 Å². The molecule has 1 aromatic carbocycles. The molecule has 1 saturated heterocycles. The van der Waals surface area contributed by atoms with Gasteiger partial charge < -0.3 is 10.2 Å².